The molecule has 0 aliphatic carbocycles. The van der Waals surface area contributed by atoms with E-state index in [4.69, 9.17) is 9.15 Å². The van der Waals surface area contributed by atoms with Gasteiger partial charge in [0.05, 0.1) is 24.1 Å². The van der Waals surface area contributed by atoms with Crippen LogP contribution in [0, 0.1) is 6.92 Å². The van der Waals surface area contributed by atoms with E-state index in [1.54, 1.807) is 36.3 Å². The number of aryl methyl sites for hydroxylation is 1. The first-order valence-corrected chi connectivity index (χ1v) is 10.6. The van der Waals surface area contributed by atoms with Crippen molar-refractivity contribution in [2.75, 3.05) is 12.0 Å². The number of halogens is 1. The minimum absolute atomic E-state index is 0.0853. The molecule has 1 atom stereocenters. The molecule has 0 fully saturated rings. The van der Waals surface area contributed by atoms with Crippen LogP contribution in [-0.4, -0.2) is 13.0 Å². The van der Waals surface area contributed by atoms with Gasteiger partial charge in [-0.2, -0.15) is 0 Å². The third-order valence-electron chi connectivity index (χ3n) is 5.54. The highest BCUT2D eigenvalue weighted by molar-refractivity contribution is 9.10. The Bertz CT molecular complexity index is 1390. The maximum atomic E-state index is 13.6. The summed E-state index contributed by atoms with van der Waals surface area (Å²) in [6.07, 6.45) is 0. The number of fused-ring (bicyclic) bond motifs is 2. The molecule has 6 heteroatoms. The van der Waals surface area contributed by atoms with Crippen molar-refractivity contribution in [2.24, 2.45) is 0 Å². The van der Waals surface area contributed by atoms with Crippen LogP contribution < -0.4 is 15.1 Å². The van der Waals surface area contributed by atoms with E-state index in [1.807, 2.05) is 49.4 Å². The van der Waals surface area contributed by atoms with Crippen molar-refractivity contribution in [1.29, 1.82) is 0 Å². The average Bonchev–Trinajstić information content (AvgIpc) is 3.07. The molecule has 154 valence electrons. The standard InChI is InChI=1S/C25H18BrNO4/c1-14-6-11-20-19(12-14)23(28)21-22(15-4-3-5-16(26)13-15)27(25(29)24(21)31-20)17-7-9-18(30-2)10-8-17/h3-13,22H,1-2H3. The average molecular weight is 476 g/mol. The Labute approximate surface area is 187 Å². The molecule has 0 radical (unpaired) electrons. The van der Waals surface area contributed by atoms with Crippen molar-refractivity contribution < 1.29 is 13.9 Å². The van der Waals surface area contributed by atoms with Crippen molar-refractivity contribution in [3.63, 3.8) is 0 Å². The van der Waals surface area contributed by atoms with Gasteiger partial charge in [-0.25, -0.2) is 0 Å². The van der Waals surface area contributed by atoms with E-state index in [0.717, 1.165) is 15.6 Å². The number of ether oxygens (including phenoxy) is 1. The number of amides is 1. The number of hydrogen-bond donors (Lipinski definition) is 0. The molecule has 1 amide bonds. The summed E-state index contributed by atoms with van der Waals surface area (Å²) < 4.78 is 12.1. The van der Waals surface area contributed by atoms with Crippen molar-refractivity contribution in [2.45, 2.75) is 13.0 Å². The predicted octanol–water partition coefficient (Wildman–Crippen LogP) is 5.62. The summed E-state index contributed by atoms with van der Waals surface area (Å²) in [6.45, 7) is 1.92. The quantitative estimate of drug-likeness (QED) is 0.385. The molecule has 0 bridgehead atoms. The number of benzene rings is 3. The van der Waals surface area contributed by atoms with Crippen LogP contribution >= 0.6 is 15.9 Å². The Morgan fingerprint density at radius 3 is 2.48 bits per heavy atom. The second-order valence-corrected chi connectivity index (χ2v) is 8.42. The second-order valence-electron chi connectivity index (χ2n) is 7.50. The van der Waals surface area contributed by atoms with Gasteiger partial charge in [0, 0.05) is 10.2 Å². The molecule has 5 nitrogen and oxygen atoms in total. The molecule has 0 spiro atoms. The van der Waals surface area contributed by atoms with Crippen LogP contribution in [-0.2, 0) is 0 Å². The van der Waals surface area contributed by atoms with Gasteiger partial charge >= 0.3 is 0 Å². The van der Waals surface area contributed by atoms with Crippen LogP contribution in [0.5, 0.6) is 5.75 Å². The molecule has 0 saturated heterocycles. The summed E-state index contributed by atoms with van der Waals surface area (Å²) in [6, 6.07) is 19.6. The molecular formula is C25H18BrNO4. The highest BCUT2D eigenvalue weighted by Gasteiger charge is 2.43. The lowest BCUT2D eigenvalue weighted by Crippen LogP contribution is -2.29. The van der Waals surface area contributed by atoms with Gasteiger partial charge in [0.15, 0.2) is 5.43 Å². The Morgan fingerprint density at radius 2 is 1.77 bits per heavy atom. The molecule has 5 rings (SSSR count). The number of hydrogen-bond acceptors (Lipinski definition) is 4. The highest BCUT2D eigenvalue weighted by Crippen LogP contribution is 2.42. The maximum absolute atomic E-state index is 13.6. The van der Waals surface area contributed by atoms with E-state index in [2.05, 4.69) is 15.9 Å². The first-order valence-electron chi connectivity index (χ1n) is 9.78. The van der Waals surface area contributed by atoms with E-state index in [0.29, 0.717) is 28.0 Å². The summed E-state index contributed by atoms with van der Waals surface area (Å²) in [5, 5.41) is 0.475. The summed E-state index contributed by atoms with van der Waals surface area (Å²) in [5.74, 6) is 0.425. The van der Waals surface area contributed by atoms with Crippen molar-refractivity contribution >= 4 is 38.5 Å². The predicted molar refractivity (Wildman–Crippen MR) is 123 cm³/mol. The monoisotopic (exact) mass is 475 g/mol. The molecule has 4 aromatic rings. The van der Waals surface area contributed by atoms with Gasteiger partial charge in [-0.1, -0.05) is 39.7 Å². The summed E-state index contributed by atoms with van der Waals surface area (Å²) in [5.41, 5.74) is 3.01. The number of rotatable bonds is 3. The van der Waals surface area contributed by atoms with Gasteiger partial charge in [-0.3, -0.25) is 14.5 Å². The second kappa shape index (κ2) is 7.39. The van der Waals surface area contributed by atoms with Crippen LogP contribution in [0.1, 0.15) is 33.3 Å². The molecule has 0 saturated carbocycles. The molecular weight excluding hydrogens is 458 g/mol. The fourth-order valence-corrected chi connectivity index (χ4v) is 4.50. The fraction of sp³-hybridized carbons (Fsp3) is 0.120. The highest BCUT2D eigenvalue weighted by atomic mass is 79.9. The van der Waals surface area contributed by atoms with Gasteiger partial charge in [-0.05, 0) is 61.0 Å². The van der Waals surface area contributed by atoms with Crippen molar-refractivity contribution in [3.05, 3.63) is 104 Å². The van der Waals surface area contributed by atoms with Crippen molar-refractivity contribution in [3.8, 4) is 5.75 Å². The Morgan fingerprint density at radius 1 is 1.00 bits per heavy atom. The SMILES string of the molecule is COc1ccc(N2C(=O)c3oc4ccc(C)cc4c(=O)c3C2c2cccc(Br)c2)cc1. The number of carbonyl (C=O) groups is 1. The lowest BCUT2D eigenvalue weighted by molar-refractivity contribution is 0.0971. The van der Waals surface area contributed by atoms with Crippen LogP contribution in [0.2, 0.25) is 0 Å². The number of anilines is 1. The van der Waals surface area contributed by atoms with E-state index < -0.39 is 6.04 Å². The van der Waals surface area contributed by atoms with E-state index in [9.17, 15) is 9.59 Å². The summed E-state index contributed by atoms with van der Waals surface area (Å²) in [7, 11) is 1.59. The van der Waals surface area contributed by atoms with Gasteiger partial charge in [-0.15, -0.1) is 0 Å². The van der Waals surface area contributed by atoms with Gasteiger partial charge < -0.3 is 9.15 Å². The first kappa shape index (κ1) is 19.6. The third kappa shape index (κ3) is 3.15. The van der Waals surface area contributed by atoms with Gasteiger partial charge in [0.1, 0.15) is 11.3 Å². The molecule has 1 aliphatic rings. The summed E-state index contributed by atoms with van der Waals surface area (Å²) in [4.78, 5) is 28.7. The molecule has 1 unspecified atom stereocenters. The van der Waals surface area contributed by atoms with Crippen LogP contribution in [0.3, 0.4) is 0 Å². The van der Waals surface area contributed by atoms with E-state index in [1.165, 1.54) is 0 Å². The largest absolute Gasteiger partial charge is 0.497 e. The van der Waals surface area contributed by atoms with Crippen LogP contribution in [0.4, 0.5) is 5.69 Å². The van der Waals surface area contributed by atoms with Crippen LogP contribution in [0.15, 0.2) is 80.4 Å². The smallest absolute Gasteiger partial charge is 0.295 e. The molecule has 1 aliphatic heterocycles. The molecule has 3 aromatic carbocycles. The minimum Gasteiger partial charge on any atom is -0.497 e. The number of methoxy groups -OCH3 is 1. The van der Waals surface area contributed by atoms with Crippen molar-refractivity contribution in [1.82, 2.24) is 0 Å². The lowest BCUT2D eigenvalue weighted by Gasteiger charge is -2.25. The molecule has 1 aromatic heterocycles. The molecule has 31 heavy (non-hydrogen) atoms. The Balaban J connectivity index is 1.80. The number of nitrogens with zero attached hydrogens (tertiary/aromatic N) is 1. The first-order chi connectivity index (χ1) is 15.0. The van der Waals surface area contributed by atoms with E-state index in [-0.39, 0.29) is 17.1 Å². The topological polar surface area (TPSA) is 59.8 Å². The fourth-order valence-electron chi connectivity index (χ4n) is 4.09. The maximum Gasteiger partial charge on any atom is 0.295 e. The van der Waals surface area contributed by atoms with Gasteiger partial charge in [0.25, 0.3) is 5.91 Å². The Kier molecular flexibility index (Phi) is 4.67. The minimum atomic E-state index is -0.602. The summed E-state index contributed by atoms with van der Waals surface area (Å²) >= 11 is 3.51. The third-order valence-corrected chi connectivity index (χ3v) is 6.03. The zero-order chi connectivity index (χ0) is 21.7. The molecule has 0 N–H and O–H groups in total. The van der Waals surface area contributed by atoms with Crippen LogP contribution in [0.25, 0.3) is 11.0 Å². The molecule has 2 heterocycles. The zero-order valence-electron chi connectivity index (χ0n) is 16.9. The Hall–Kier alpha value is -3.38. The van der Waals surface area contributed by atoms with Gasteiger partial charge in [0.2, 0.25) is 5.76 Å². The normalized spacial score (nSPS) is 15.4. The van der Waals surface area contributed by atoms with E-state index >= 15 is 0 Å². The zero-order valence-corrected chi connectivity index (χ0v) is 18.5. The number of carbonyl (C=O) groups excluding carboxylic acids is 1. The lowest BCUT2D eigenvalue weighted by atomic mass is 9.98.